The van der Waals surface area contributed by atoms with E-state index in [1.54, 1.807) is 0 Å². The van der Waals surface area contributed by atoms with Crippen molar-refractivity contribution in [3.63, 3.8) is 0 Å². The molecule has 0 saturated carbocycles. The lowest BCUT2D eigenvalue weighted by molar-refractivity contribution is 0.0691. The SMILES string of the molecule is CNCC1CCN(C(=O)c2cc(-c3ccccc3)ccc2Cl)CC1. The molecule has 3 nitrogen and oxygen atoms in total. The molecule has 1 heterocycles. The van der Waals surface area contributed by atoms with E-state index in [1.165, 1.54) is 0 Å². The van der Waals surface area contributed by atoms with Crippen LogP contribution in [-0.2, 0) is 0 Å². The molecule has 1 aliphatic rings. The lowest BCUT2D eigenvalue weighted by Crippen LogP contribution is -2.40. The van der Waals surface area contributed by atoms with Crippen LogP contribution in [0.1, 0.15) is 23.2 Å². The summed E-state index contributed by atoms with van der Waals surface area (Å²) in [6, 6.07) is 15.8. The fourth-order valence-electron chi connectivity index (χ4n) is 3.30. The number of hydrogen-bond donors (Lipinski definition) is 1. The van der Waals surface area contributed by atoms with E-state index in [-0.39, 0.29) is 5.91 Å². The summed E-state index contributed by atoms with van der Waals surface area (Å²) in [7, 11) is 1.98. The number of halogens is 1. The maximum absolute atomic E-state index is 12.9. The smallest absolute Gasteiger partial charge is 0.255 e. The highest BCUT2D eigenvalue weighted by Gasteiger charge is 2.24. The van der Waals surface area contributed by atoms with Crippen LogP contribution in [0.5, 0.6) is 0 Å². The number of hydrogen-bond acceptors (Lipinski definition) is 2. The van der Waals surface area contributed by atoms with Crippen LogP contribution in [0, 0.1) is 5.92 Å². The number of nitrogens with zero attached hydrogens (tertiary/aromatic N) is 1. The van der Waals surface area contributed by atoms with Crippen LogP contribution in [0.3, 0.4) is 0 Å². The first-order chi connectivity index (χ1) is 11.7. The Hall–Kier alpha value is -1.84. The van der Waals surface area contributed by atoms with Crippen LogP contribution in [0.25, 0.3) is 11.1 Å². The van der Waals surface area contributed by atoms with Crippen LogP contribution in [0.15, 0.2) is 48.5 Å². The van der Waals surface area contributed by atoms with Crippen molar-refractivity contribution in [3.8, 4) is 11.1 Å². The molecule has 126 valence electrons. The Kier molecular flexibility index (Phi) is 5.54. The summed E-state index contributed by atoms with van der Waals surface area (Å²) < 4.78 is 0. The van der Waals surface area contributed by atoms with Gasteiger partial charge in [0.25, 0.3) is 5.91 Å². The lowest BCUT2D eigenvalue weighted by atomic mass is 9.96. The second-order valence-corrected chi connectivity index (χ2v) is 6.76. The fraction of sp³-hybridized carbons (Fsp3) is 0.350. The first-order valence-electron chi connectivity index (χ1n) is 8.48. The van der Waals surface area contributed by atoms with Gasteiger partial charge in [-0.2, -0.15) is 0 Å². The van der Waals surface area contributed by atoms with Crippen molar-refractivity contribution in [1.29, 1.82) is 0 Å². The molecular weight excluding hydrogens is 320 g/mol. The molecule has 1 amide bonds. The Balaban J connectivity index is 1.78. The van der Waals surface area contributed by atoms with Gasteiger partial charge in [0.15, 0.2) is 0 Å². The molecule has 24 heavy (non-hydrogen) atoms. The van der Waals surface area contributed by atoms with Crippen molar-refractivity contribution < 1.29 is 4.79 Å². The Morgan fingerprint density at radius 2 is 1.83 bits per heavy atom. The zero-order chi connectivity index (χ0) is 16.9. The first-order valence-corrected chi connectivity index (χ1v) is 8.85. The Morgan fingerprint density at radius 3 is 2.50 bits per heavy atom. The quantitative estimate of drug-likeness (QED) is 0.908. The van der Waals surface area contributed by atoms with Crippen LogP contribution in [0.4, 0.5) is 0 Å². The number of benzene rings is 2. The Labute approximate surface area is 148 Å². The minimum Gasteiger partial charge on any atom is -0.339 e. The number of carbonyl (C=O) groups is 1. The molecule has 0 spiro atoms. The van der Waals surface area contributed by atoms with Crippen molar-refractivity contribution in [2.24, 2.45) is 5.92 Å². The maximum atomic E-state index is 12.9. The molecule has 1 fully saturated rings. The van der Waals surface area contributed by atoms with E-state index in [1.807, 2.05) is 60.5 Å². The van der Waals surface area contributed by atoms with Gasteiger partial charge in [-0.25, -0.2) is 0 Å². The van der Waals surface area contributed by atoms with Crippen molar-refractivity contribution in [3.05, 3.63) is 59.1 Å². The zero-order valence-electron chi connectivity index (χ0n) is 14.0. The molecule has 0 radical (unpaired) electrons. The monoisotopic (exact) mass is 342 g/mol. The van der Waals surface area contributed by atoms with E-state index in [0.29, 0.717) is 16.5 Å². The van der Waals surface area contributed by atoms with Crippen LogP contribution < -0.4 is 5.32 Å². The topological polar surface area (TPSA) is 32.3 Å². The number of nitrogens with one attached hydrogen (secondary N) is 1. The van der Waals surface area contributed by atoms with Gasteiger partial charge in [-0.05, 0) is 55.6 Å². The molecule has 3 rings (SSSR count). The number of amides is 1. The third-order valence-electron chi connectivity index (χ3n) is 4.70. The third kappa shape index (κ3) is 3.80. The molecule has 0 unspecified atom stereocenters. The van der Waals surface area contributed by atoms with Crippen LogP contribution in [-0.4, -0.2) is 37.5 Å². The van der Waals surface area contributed by atoms with E-state index in [4.69, 9.17) is 11.6 Å². The zero-order valence-corrected chi connectivity index (χ0v) is 14.7. The van der Waals surface area contributed by atoms with Gasteiger partial charge < -0.3 is 10.2 Å². The summed E-state index contributed by atoms with van der Waals surface area (Å²) >= 11 is 6.32. The van der Waals surface area contributed by atoms with Crippen LogP contribution in [0.2, 0.25) is 5.02 Å². The predicted octanol–water partition coefficient (Wildman–Crippen LogP) is 4.08. The Morgan fingerprint density at radius 1 is 1.12 bits per heavy atom. The average molecular weight is 343 g/mol. The molecule has 4 heteroatoms. The number of carbonyl (C=O) groups excluding carboxylic acids is 1. The average Bonchev–Trinajstić information content (AvgIpc) is 2.63. The number of likely N-dealkylation sites (tertiary alicyclic amines) is 1. The molecule has 1 N–H and O–H groups in total. The molecule has 0 aliphatic carbocycles. The van der Waals surface area contributed by atoms with Crippen molar-refractivity contribution >= 4 is 17.5 Å². The van der Waals surface area contributed by atoms with Crippen molar-refractivity contribution in [2.75, 3.05) is 26.7 Å². The lowest BCUT2D eigenvalue weighted by Gasteiger charge is -2.32. The van der Waals surface area contributed by atoms with E-state index < -0.39 is 0 Å². The summed E-state index contributed by atoms with van der Waals surface area (Å²) in [4.78, 5) is 14.8. The molecule has 2 aromatic rings. The van der Waals surface area contributed by atoms with Gasteiger partial charge in [0.05, 0.1) is 10.6 Å². The summed E-state index contributed by atoms with van der Waals surface area (Å²) in [6.07, 6.45) is 2.09. The minimum atomic E-state index is 0.0423. The number of rotatable bonds is 4. The predicted molar refractivity (Wildman–Crippen MR) is 99.4 cm³/mol. The van der Waals surface area contributed by atoms with Gasteiger partial charge in [-0.15, -0.1) is 0 Å². The molecule has 1 saturated heterocycles. The van der Waals surface area contributed by atoms with Gasteiger partial charge in [0.2, 0.25) is 0 Å². The highest BCUT2D eigenvalue weighted by Crippen LogP contribution is 2.27. The van der Waals surface area contributed by atoms with E-state index in [0.717, 1.165) is 43.6 Å². The largest absolute Gasteiger partial charge is 0.339 e. The van der Waals surface area contributed by atoms with Gasteiger partial charge in [-0.3, -0.25) is 4.79 Å². The van der Waals surface area contributed by atoms with E-state index >= 15 is 0 Å². The maximum Gasteiger partial charge on any atom is 0.255 e. The molecule has 0 atom stereocenters. The van der Waals surface area contributed by atoms with Gasteiger partial charge in [0.1, 0.15) is 0 Å². The summed E-state index contributed by atoms with van der Waals surface area (Å²) in [5.74, 6) is 0.700. The first kappa shape index (κ1) is 17.0. The van der Waals surface area contributed by atoms with E-state index in [9.17, 15) is 4.79 Å². The van der Waals surface area contributed by atoms with E-state index in [2.05, 4.69) is 5.32 Å². The van der Waals surface area contributed by atoms with Crippen molar-refractivity contribution in [2.45, 2.75) is 12.8 Å². The second-order valence-electron chi connectivity index (χ2n) is 6.35. The third-order valence-corrected chi connectivity index (χ3v) is 5.03. The highest BCUT2D eigenvalue weighted by atomic mass is 35.5. The van der Waals surface area contributed by atoms with Gasteiger partial charge in [-0.1, -0.05) is 48.0 Å². The number of piperidine rings is 1. The minimum absolute atomic E-state index is 0.0423. The molecular formula is C20H23ClN2O. The second kappa shape index (κ2) is 7.82. The molecule has 0 bridgehead atoms. The normalized spacial score (nSPS) is 15.5. The Bertz CT molecular complexity index is 694. The highest BCUT2D eigenvalue weighted by molar-refractivity contribution is 6.34. The van der Waals surface area contributed by atoms with Crippen LogP contribution >= 0.6 is 11.6 Å². The standard InChI is InChI=1S/C20H23ClN2O/c1-22-14-15-9-11-23(12-10-15)20(24)18-13-17(7-8-19(18)21)16-5-3-2-4-6-16/h2-8,13,15,22H,9-12,14H2,1H3. The molecule has 1 aliphatic heterocycles. The fourth-order valence-corrected chi connectivity index (χ4v) is 3.50. The van der Waals surface area contributed by atoms with Gasteiger partial charge >= 0.3 is 0 Å². The summed E-state index contributed by atoms with van der Waals surface area (Å²) in [5.41, 5.74) is 2.72. The molecule has 2 aromatic carbocycles. The van der Waals surface area contributed by atoms with Crippen molar-refractivity contribution in [1.82, 2.24) is 10.2 Å². The molecule has 0 aromatic heterocycles. The summed E-state index contributed by atoms with van der Waals surface area (Å²) in [6.45, 7) is 2.63. The summed E-state index contributed by atoms with van der Waals surface area (Å²) in [5, 5.41) is 3.75. The van der Waals surface area contributed by atoms with Gasteiger partial charge in [0, 0.05) is 13.1 Å².